The van der Waals surface area contributed by atoms with E-state index in [9.17, 15) is 26.4 Å². The van der Waals surface area contributed by atoms with Crippen molar-refractivity contribution in [3.8, 4) is 0 Å². The molecule has 0 aromatic heterocycles. The van der Waals surface area contributed by atoms with E-state index < -0.39 is 34.2 Å². The Morgan fingerprint density at radius 1 is 1.03 bits per heavy atom. The Morgan fingerprint density at radius 3 is 2.29 bits per heavy atom. The summed E-state index contributed by atoms with van der Waals surface area (Å²) in [6, 6.07) is 17.0. The zero-order chi connectivity index (χ0) is 25.6. The summed E-state index contributed by atoms with van der Waals surface area (Å²) in [6.45, 7) is -0.758. The summed E-state index contributed by atoms with van der Waals surface area (Å²) in [7, 11) is -4.12. The van der Waals surface area contributed by atoms with E-state index in [1.807, 2.05) is 0 Å². The Hall–Kier alpha value is -2.73. The molecule has 0 aliphatic rings. The molecule has 3 aromatic rings. The van der Waals surface area contributed by atoms with Crippen molar-refractivity contribution < 1.29 is 26.4 Å². The van der Waals surface area contributed by atoms with Crippen LogP contribution in [0, 0.1) is 0 Å². The molecule has 0 unspecified atom stereocenters. The minimum atomic E-state index is -4.60. The second-order valence-electron chi connectivity index (χ2n) is 7.23. The van der Waals surface area contributed by atoms with Gasteiger partial charge in [0.05, 0.1) is 23.2 Å². The largest absolute Gasteiger partial charge is 0.417 e. The fourth-order valence-corrected chi connectivity index (χ4v) is 4.79. The first-order valence-corrected chi connectivity index (χ1v) is 12.6. The standard InChI is InChI=1S/C23H18BrClF3N3O3S/c24-18-7-5-16(6-8-18)14-31(35(33,34)20-11-9-19(25)10-12-20)15-22(32)30-29-13-17-3-1-2-4-21(17)23(26,27)28/h1-13H,14-15H2,(H,30,32)/b29-13-. The van der Waals surface area contributed by atoms with E-state index in [4.69, 9.17) is 11.6 Å². The maximum absolute atomic E-state index is 13.2. The molecule has 3 aromatic carbocycles. The highest BCUT2D eigenvalue weighted by Crippen LogP contribution is 2.31. The average molecular weight is 589 g/mol. The maximum Gasteiger partial charge on any atom is 0.417 e. The van der Waals surface area contributed by atoms with E-state index in [0.29, 0.717) is 10.6 Å². The molecule has 0 bridgehead atoms. The predicted octanol–water partition coefficient (Wildman–Crippen LogP) is 5.46. The number of hydrazone groups is 1. The quantitative estimate of drug-likeness (QED) is 0.280. The van der Waals surface area contributed by atoms with Crippen LogP contribution in [-0.2, 0) is 27.5 Å². The predicted molar refractivity (Wildman–Crippen MR) is 130 cm³/mol. The van der Waals surface area contributed by atoms with Gasteiger partial charge in [0.25, 0.3) is 5.91 Å². The van der Waals surface area contributed by atoms with Gasteiger partial charge < -0.3 is 0 Å². The molecule has 184 valence electrons. The van der Waals surface area contributed by atoms with Gasteiger partial charge >= 0.3 is 6.18 Å². The van der Waals surface area contributed by atoms with Crippen LogP contribution >= 0.6 is 27.5 Å². The zero-order valence-electron chi connectivity index (χ0n) is 17.8. The Morgan fingerprint density at radius 2 is 1.66 bits per heavy atom. The molecular weight excluding hydrogens is 571 g/mol. The summed E-state index contributed by atoms with van der Waals surface area (Å²) in [5.74, 6) is -0.833. The van der Waals surface area contributed by atoms with Crippen molar-refractivity contribution in [3.05, 3.63) is 99.0 Å². The number of hydrogen-bond donors (Lipinski definition) is 1. The van der Waals surface area contributed by atoms with Crippen molar-refractivity contribution in [3.63, 3.8) is 0 Å². The van der Waals surface area contributed by atoms with Gasteiger partial charge in [0, 0.05) is 21.6 Å². The van der Waals surface area contributed by atoms with E-state index in [0.717, 1.165) is 21.1 Å². The molecule has 0 saturated carbocycles. The second kappa shape index (κ2) is 11.3. The van der Waals surface area contributed by atoms with Crippen LogP contribution in [0.25, 0.3) is 0 Å². The number of sulfonamides is 1. The van der Waals surface area contributed by atoms with Crippen molar-refractivity contribution in [2.45, 2.75) is 17.6 Å². The summed E-state index contributed by atoms with van der Waals surface area (Å²) in [5, 5.41) is 3.93. The third-order valence-electron chi connectivity index (χ3n) is 4.70. The number of rotatable bonds is 8. The second-order valence-corrected chi connectivity index (χ2v) is 10.5. The normalized spacial score (nSPS) is 12.3. The van der Waals surface area contributed by atoms with Gasteiger partial charge in [-0.3, -0.25) is 4.79 Å². The van der Waals surface area contributed by atoms with Gasteiger partial charge in [-0.2, -0.15) is 22.6 Å². The van der Waals surface area contributed by atoms with Gasteiger partial charge in [-0.1, -0.05) is 57.9 Å². The highest BCUT2D eigenvalue weighted by molar-refractivity contribution is 9.10. The zero-order valence-corrected chi connectivity index (χ0v) is 21.0. The molecule has 0 fully saturated rings. The Labute approximate surface area is 213 Å². The number of amides is 1. The van der Waals surface area contributed by atoms with Gasteiger partial charge in [0.1, 0.15) is 0 Å². The summed E-state index contributed by atoms with van der Waals surface area (Å²) < 4.78 is 67.6. The SMILES string of the molecule is O=C(CN(Cc1ccc(Br)cc1)S(=O)(=O)c1ccc(Cl)cc1)N/N=C\c1ccccc1C(F)(F)F. The van der Waals surface area contributed by atoms with E-state index >= 15 is 0 Å². The van der Waals surface area contributed by atoms with Crippen LogP contribution in [0.5, 0.6) is 0 Å². The van der Waals surface area contributed by atoms with Crippen molar-refractivity contribution in [1.29, 1.82) is 0 Å². The van der Waals surface area contributed by atoms with Crippen LogP contribution in [0.1, 0.15) is 16.7 Å². The molecule has 0 radical (unpaired) electrons. The van der Waals surface area contributed by atoms with Gasteiger partial charge in [0.2, 0.25) is 10.0 Å². The molecule has 0 aliphatic carbocycles. The van der Waals surface area contributed by atoms with E-state index in [1.165, 1.54) is 42.5 Å². The minimum Gasteiger partial charge on any atom is -0.272 e. The van der Waals surface area contributed by atoms with E-state index in [1.54, 1.807) is 24.3 Å². The van der Waals surface area contributed by atoms with Crippen LogP contribution in [0.4, 0.5) is 13.2 Å². The van der Waals surface area contributed by atoms with Gasteiger partial charge in [-0.25, -0.2) is 13.8 Å². The van der Waals surface area contributed by atoms with Gasteiger partial charge in [-0.15, -0.1) is 0 Å². The van der Waals surface area contributed by atoms with Crippen LogP contribution in [-0.4, -0.2) is 31.4 Å². The molecule has 1 N–H and O–H groups in total. The maximum atomic E-state index is 13.2. The van der Waals surface area contributed by atoms with Crippen molar-refractivity contribution in [1.82, 2.24) is 9.73 Å². The highest BCUT2D eigenvalue weighted by atomic mass is 79.9. The van der Waals surface area contributed by atoms with Crippen LogP contribution in [0.2, 0.25) is 5.02 Å². The molecule has 35 heavy (non-hydrogen) atoms. The topological polar surface area (TPSA) is 78.8 Å². The first kappa shape index (κ1) is 26.9. The monoisotopic (exact) mass is 587 g/mol. The van der Waals surface area contributed by atoms with Crippen molar-refractivity contribution in [2.75, 3.05) is 6.54 Å². The fraction of sp³-hybridized carbons (Fsp3) is 0.130. The first-order chi connectivity index (χ1) is 16.5. The Bertz CT molecular complexity index is 1320. The van der Waals surface area contributed by atoms with Crippen molar-refractivity contribution in [2.24, 2.45) is 5.10 Å². The number of nitrogens with zero attached hydrogens (tertiary/aromatic N) is 2. The lowest BCUT2D eigenvalue weighted by Crippen LogP contribution is -2.39. The number of alkyl halides is 3. The van der Waals surface area contributed by atoms with Gasteiger partial charge in [0.15, 0.2) is 0 Å². The summed E-state index contributed by atoms with van der Waals surface area (Å²) >= 11 is 9.16. The third-order valence-corrected chi connectivity index (χ3v) is 7.29. The fourth-order valence-electron chi connectivity index (χ4n) is 3.01. The number of hydrogen-bond acceptors (Lipinski definition) is 4. The summed E-state index contributed by atoms with van der Waals surface area (Å²) in [6.07, 6.45) is -3.74. The molecule has 12 heteroatoms. The van der Waals surface area contributed by atoms with E-state index in [2.05, 4.69) is 26.5 Å². The first-order valence-electron chi connectivity index (χ1n) is 9.95. The molecule has 1 amide bonds. The molecule has 0 spiro atoms. The number of nitrogens with one attached hydrogen (secondary N) is 1. The molecule has 6 nitrogen and oxygen atoms in total. The Balaban J connectivity index is 1.81. The lowest BCUT2D eigenvalue weighted by atomic mass is 10.1. The summed E-state index contributed by atoms with van der Waals surface area (Å²) in [4.78, 5) is 12.4. The van der Waals surface area contributed by atoms with Crippen molar-refractivity contribution >= 4 is 49.7 Å². The number of carbonyl (C=O) groups excluding carboxylic acids is 1. The molecule has 3 rings (SSSR count). The van der Waals surface area contributed by atoms with E-state index in [-0.39, 0.29) is 17.0 Å². The molecule has 0 atom stereocenters. The lowest BCUT2D eigenvalue weighted by Gasteiger charge is -2.21. The number of benzene rings is 3. The van der Waals surface area contributed by atoms with Crippen LogP contribution < -0.4 is 5.43 Å². The van der Waals surface area contributed by atoms with Crippen LogP contribution in [0.3, 0.4) is 0 Å². The third kappa shape index (κ3) is 7.38. The molecule has 0 aliphatic heterocycles. The average Bonchev–Trinajstić information content (AvgIpc) is 2.80. The lowest BCUT2D eigenvalue weighted by molar-refractivity contribution is -0.137. The van der Waals surface area contributed by atoms with Gasteiger partial charge in [-0.05, 0) is 48.0 Å². The molecule has 0 heterocycles. The number of carbonyl (C=O) groups is 1. The Kier molecular flexibility index (Phi) is 8.70. The van der Waals surface area contributed by atoms with Crippen LogP contribution in [0.15, 0.2) is 87.3 Å². The summed E-state index contributed by atoms with van der Waals surface area (Å²) in [5.41, 5.74) is 1.54. The molecule has 0 saturated heterocycles. The minimum absolute atomic E-state index is 0.0746. The smallest absolute Gasteiger partial charge is 0.272 e. The number of halogens is 5. The highest BCUT2D eigenvalue weighted by Gasteiger charge is 2.32. The molecular formula is C23H18BrClF3N3O3S.